The van der Waals surface area contributed by atoms with Crippen LogP contribution in [0.2, 0.25) is 0 Å². The molecule has 0 aromatic carbocycles. The topological polar surface area (TPSA) is 55.1 Å². The zero-order chi connectivity index (χ0) is 12.4. The van der Waals surface area contributed by atoms with E-state index in [9.17, 15) is 4.79 Å². The molecule has 17 heavy (non-hydrogen) atoms. The number of rotatable bonds is 3. The highest BCUT2D eigenvalue weighted by atomic mass is 79.9. The van der Waals surface area contributed by atoms with Crippen molar-refractivity contribution in [2.45, 2.75) is 20.4 Å². The Morgan fingerprint density at radius 3 is 2.82 bits per heavy atom. The summed E-state index contributed by atoms with van der Waals surface area (Å²) in [5.41, 5.74) is 1.75. The van der Waals surface area contributed by atoms with Crippen LogP contribution in [0.1, 0.15) is 26.7 Å². The SMILES string of the molecule is Cc1noc(C)c1CNC(=O)c1ccc(Br)s1. The minimum Gasteiger partial charge on any atom is -0.361 e. The van der Waals surface area contributed by atoms with E-state index in [-0.39, 0.29) is 5.91 Å². The molecule has 0 atom stereocenters. The number of aryl methyl sites for hydroxylation is 2. The molecule has 0 aliphatic carbocycles. The summed E-state index contributed by atoms with van der Waals surface area (Å²) in [6, 6.07) is 3.65. The number of carbonyl (C=O) groups is 1. The van der Waals surface area contributed by atoms with Crippen molar-refractivity contribution in [1.82, 2.24) is 10.5 Å². The maximum atomic E-state index is 11.8. The van der Waals surface area contributed by atoms with E-state index < -0.39 is 0 Å². The van der Waals surface area contributed by atoms with E-state index in [0.29, 0.717) is 11.4 Å². The zero-order valence-corrected chi connectivity index (χ0v) is 11.8. The zero-order valence-electron chi connectivity index (χ0n) is 9.41. The Bertz CT molecular complexity index is 528. The first kappa shape index (κ1) is 12.3. The first-order chi connectivity index (χ1) is 8.08. The molecule has 0 unspecified atom stereocenters. The number of hydrogen-bond donors (Lipinski definition) is 1. The summed E-state index contributed by atoms with van der Waals surface area (Å²) in [6.45, 7) is 4.14. The molecule has 0 bridgehead atoms. The highest BCUT2D eigenvalue weighted by molar-refractivity contribution is 9.11. The summed E-state index contributed by atoms with van der Waals surface area (Å²) < 4.78 is 5.98. The number of amides is 1. The van der Waals surface area contributed by atoms with Crippen molar-refractivity contribution in [2.75, 3.05) is 0 Å². The fourth-order valence-corrected chi connectivity index (χ4v) is 2.75. The first-order valence-corrected chi connectivity index (χ1v) is 6.64. The third-order valence-corrected chi connectivity index (χ3v) is 4.03. The van der Waals surface area contributed by atoms with Crippen molar-refractivity contribution in [3.8, 4) is 0 Å². The van der Waals surface area contributed by atoms with Crippen LogP contribution in [0.4, 0.5) is 0 Å². The largest absolute Gasteiger partial charge is 0.361 e. The molecule has 1 N–H and O–H groups in total. The van der Waals surface area contributed by atoms with E-state index in [1.54, 1.807) is 6.07 Å². The Morgan fingerprint density at radius 2 is 2.29 bits per heavy atom. The third-order valence-electron chi connectivity index (χ3n) is 2.40. The Kier molecular flexibility index (Phi) is 3.63. The number of carbonyl (C=O) groups excluding carboxylic acids is 1. The Balaban J connectivity index is 2.02. The maximum Gasteiger partial charge on any atom is 0.261 e. The fraction of sp³-hybridized carbons (Fsp3) is 0.273. The smallest absolute Gasteiger partial charge is 0.261 e. The number of thiophene rings is 1. The van der Waals surface area contributed by atoms with Gasteiger partial charge in [-0.1, -0.05) is 5.16 Å². The van der Waals surface area contributed by atoms with Crippen molar-refractivity contribution in [3.05, 3.63) is 37.8 Å². The van der Waals surface area contributed by atoms with Crippen LogP contribution in [0, 0.1) is 13.8 Å². The van der Waals surface area contributed by atoms with Crippen LogP contribution in [0.25, 0.3) is 0 Å². The van der Waals surface area contributed by atoms with Gasteiger partial charge in [0.25, 0.3) is 5.91 Å². The Morgan fingerprint density at radius 1 is 1.53 bits per heavy atom. The molecule has 4 nitrogen and oxygen atoms in total. The Hall–Kier alpha value is -1.14. The fourth-order valence-electron chi connectivity index (χ4n) is 1.45. The van der Waals surface area contributed by atoms with Crippen molar-refractivity contribution < 1.29 is 9.32 Å². The highest BCUT2D eigenvalue weighted by Gasteiger charge is 2.12. The summed E-state index contributed by atoms with van der Waals surface area (Å²) in [6.07, 6.45) is 0. The summed E-state index contributed by atoms with van der Waals surface area (Å²) in [4.78, 5) is 12.5. The molecule has 2 aromatic heterocycles. The molecule has 6 heteroatoms. The normalized spacial score (nSPS) is 10.5. The number of halogens is 1. The molecule has 0 saturated carbocycles. The molecule has 90 valence electrons. The molecular formula is C11H11BrN2O2S. The second-order valence-electron chi connectivity index (χ2n) is 3.59. The van der Waals surface area contributed by atoms with E-state index in [4.69, 9.17) is 4.52 Å². The van der Waals surface area contributed by atoms with Crippen LogP contribution in [0.5, 0.6) is 0 Å². The lowest BCUT2D eigenvalue weighted by atomic mass is 10.2. The second-order valence-corrected chi connectivity index (χ2v) is 6.05. The van der Waals surface area contributed by atoms with E-state index >= 15 is 0 Å². The van der Waals surface area contributed by atoms with Crippen molar-refractivity contribution in [3.63, 3.8) is 0 Å². The minimum absolute atomic E-state index is 0.0827. The number of hydrogen-bond acceptors (Lipinski definition) is 4. The molecular weight excluding hydrogens is 304 g/mol. The number of aromatic nitrogens is 1. The van der Waals surface area contributed by atoms with Crippen molar-refractivity contribution in [2.24, 2.45) is 0 Å². The molecule has 2 heterocycles. The molecule has 0 aliphatic heterocycles. The number of nitrogens with zero attached hydrogens (tertiary/aromatic N) is 1. The lowest BCUT2D eigenvalue weighted by molar-refractivity contribution is 0.0955. The van der Waals surface area contributed by atoms with Gasteiger partial charge in [-0.3, -0.25) is 4.79 Å². The van der Waals surface area contributed by atoms with E-state index in [1.165, 1.54) is 11.3 Å². The van der Waals surface area contributed by atoms with Gasteiger partial charge in [-0.25, -0.2) is 0 Å². The highest BCUT2D eigenvalue weighted by Crippen LogP contribution is 2.22. The van der Waals surface area contributed by atoms with Gasteiger partial charge in [0.1, 0.15) is 5.76 Å². The minimum atomic E-state index is -0.0827. The molecule has 0 saturated heterocycles. The predicted molar refractivity (Wildman–Crippen MR) is 69.2 cm³/mol. The van der Waals surface area contributed by atoms with Gasteiger partial charge in [0.15, 0.2) is 0 Å². The summed E-state index contributed by atoms with van der Waals surface area (Å²) in [5.74, 6) is 0.663. The average molecular weight is 315 g/mol. The molecule has 2 rings (SSSR count). The van der Waals surface area contributed by atoms with Gasteiger partial charge in [0.2, 0.25) is 0 Å². The molecule has 0 spiro atoms. The van der Waals surface area contributed by atoms with Crippen LogP contribution in [-0.2, 0) is 6.54 Å². The number of nitrogens with one attached hydrogen (secondary N) is 1. The first-order valence-electron chi connectivity index (χ1n) is 5.03. The molecule has 0 aliphatic rings. The van der Waals surface area contributed by atoms with E-state index in [1.807, 2.05) is 19.9 Å². The predicted octanol–water partition coefficient (Wildman–Crippen LogP) is 3.05. The van der Waals surface area contributed by atoms with Crippen LogP contribution in [-0.4, -0.2) is 11.1 Å². The summed E-state index contributed by atoms with van der Waals surface area (Å²) in [7, 11) is 0. The van der Waals surface area contributed by atoms with Crippen molar-refractivity contribution in [1.29, 1.82) is 0 Å². The molecule has 0 radical (unpaired) electrons. The average Bonchev–Trinajstić information content (AvgIpc) is 2.84. The molecule has 1 amide bonds. The van der Waals surface area contributed by atoms with Crippen LogP contribution >= 0.6 is 27.3 Å². The van der Waals surface area contributed by atoms with Gasteiger partial charge in [0, 0.05) is 12.1 Å². The van der Waals surface area contributed by atoms with E-state index in [2.05, 4.69) is 26.4 Å². The van der Waals surface area contributed by atoms with Gasteiger partial charge in [-0.2, -0.15) is 0 Å². The summed E-state index contributed by atoms with van der Waals surface area (Å²) >= 11 is 4.73. The quantitative estimate of drug-likeness (QED) is 0.947. The van der Waals surface area contributed by atoms with Crippen LogP contribution in [0.3, 0.4) is 0 Å². The maximum absolute atomic E-state index is 11.8. The van der Waals surface area contributed by atoms with E-state index in [0.717, 1.165) is 20.8 Å². The lowest BCUT2D eigenvalue weighted by Gasteiger charge is -2.02. The van der Waals surface area contributed by atoms with Gasteiger partial charge >= 0.3 is 0 Å². The van der Waals surface area contributed by atoms with Gasteiger partial charge in [-0.05, 0) is 41.9 Å². The van der Waals surface area contributed by atoms with Crippen molar-refractivity contribution >= 4 is 33.2 Å². The van der Waals surface area contributed by atoms with Gasteiger partial charge < -0.3 is 9.84 Å². The summed E-state index contributed by atoms with van der Waals surface area (Å²) in [5, 5.41) is 6.69. The molecule has 0 fully saturated rings. The van der Waals surface area contributed by atoms with Crippen LogP contribution < -0.4 is 5.32 Å². The standard InChI is InChI=1S/C11H11BrN2O2S/c1-6-8(7(2)16-14-6)5-13-11(15)9-3-4-10(12)17-9/h3-4H,5H2,1-2H3,(H,13,15). The second kappa shape index (κ2) is 5.01. The Labute approximate surface area is 111 Å². The van der Waals surface area contributed by atoms with Gasteiger partial charge in [0.05, 0.1) is 14.4 Å². The third kappa shape index (κ3) is 2.76. The molecule has 2 aromatic rings. The monoisotopic (exact) mass is 314 g/mol. The lowest BCUT2D eigenvalue weighted by Crippen LogP contribution is -2.22. The van der Waals surface area contributed by atoms with Crippen LogP contribution in [0.15, 0.2) is 20.4 Å². The van der Waals surface area contributed by atoms with Gasteiger partial charge in [-0.15, -0.1) is 11.3 Å².